The van der Waals surface area contributed by atoms with Gasteiger partial charge in [0, 0.05) is 36.0 Å². The van der Waals surface area contributed by atoms with Gasteiger partial charge in [0.15, 0.2) is 5.82 Å². The summed E-state index contributed by atoms with van der Waals surface area (Å²) in [7, 11) is 0. The smallest absolute Gasteiger partial charge is 0.151 e. The van der Waals surface area contributed by atoms with E-state index in [1.54, 1.807) is 12.3 Å². The molecule has 1 atom stereocenters. The molecule has 0 spiro atoms. The van der Waals surface area contributed by atoms with E-state index in [0.29, 0.717) is 21.7 Å². The Hall–Kier alpha value is -2.58. The van der Waals surface area contributed by atoms with E-state index < -0.39 is 5.82 Å². The second-order valence-corrected chi connectivity index (χ2v) is 10.2. The average molecular weight is 440 g/mol. The second kappa shape index (κ2) is 7.84. The molecular formula is C23H26FN5OS. The number of nitrogens with one attached hydrogen (secondary N) is 1. The monoisotopic (exact) mass is 439 g/mol. The zero-order chi connectivity index (χ0) is 21.6. The predicted molar refractivity (Wildman–Crippen MR) is 121 cm³/mol. The van der Waals surface area contributed by atoms with Crippen molar-refractivity contribution in [2.24, 2.45) is 5.92 Å². The number of halogens is 1. The first-order chi connectivity index (χ1) is 14.9. The minimum Gasteiger partial charge on any atom is -0.507 e. The lowest BCUT2D eigenvalue weighted by Crippen LogP contribution is -2.45. The van der Waals surface area contributed by atoms with Crippen molar-refractivity contribution < 1.29 is 9.50 Å². The zero-order valence-corrected chi connectivity index (χ0v) is 18.5. The number of hydrogen-bond acceptors (Lipinski definition) is 7. The fourth-order valence-electron chi connectivity index (χ4n) is 4.09. The molecule has 3 heterocycles. The molecule has 162 valence electrons. The maximum Gasteiger partial charge on any atom is 0.151 e. The molecule has 0 radical (unpaired) electrons. The number of rotatable bonds is 6. The summed E-state index contributed by atoms with van der Waals surface area (Å²) in [6.45, 7) is 7.03. The molecule has 2 N–H and O–H groups in total. The quantitative estimate of drug-likeness (QED) is 0.594. The highest BCUT2D eigenvalue weighted by atomic mass is 32.1. The van der Waals surface area contributed by atoms with Crippen molar-refractivity contribution in [1.82, 2.24) is 20.5 Å². The number of hydrogen-bond donors (Lipinski definition) is 2. The molecule has 3 aromatic rings. The van der Waals surface area contributed by atoms with Gasteiger partial charge in [-0.15, -0.1) is 21.5 Å². The van der Waals surface area contributed by atoms with E-state index in [1.165, 1.54) is 36.3 Å². The fourth-order valence-corrected chi connectivity index (χ4v) is 4.89. The van der Waals surface area contributed by atoms with Crippen LogP contribution in [0.4, 0.5) is 10.2 Å². The highest BCUT2D eigenvalue weighted by molar-refractivity contribution is 7.15. The summed E-state index contributed by atoms with van der Waals surface area (Å²) in [5.74, 6) is 1.21. The first-order valence-corrected chi connectivity index (χ1v) is 11.5. The standard InChI is InChI=1S/C23H26FN5OS/c1-14-25-12-21(31-14)16-10-20(30)17(9-18(16)24)19-5-6-22(28-27-19)29-8-7-23(2,13-29)26-11-15-3-4-15/h5-6,9-10,12,15,26,30H,3-4,7-8,11,13H2,1-2H3/t23-/m1/s1. The molecular weight excluding hydrogens is 413 g/mol. The van der Waals surface area contributed by atoms with Crippen molar-refractivity contribution in [3.05, 3.63) is 41.3 Å². The predicted octanol–water partition coefficient (Wildman–Crippen LogP) is 4.39. The Morgan fingerprint density at radius 1 is 1.26 bits per heavy atom. The highest BCUT2D eigenvalue weighted by Crippen LogP contribution is 2.37. The van der Waals surface area contributed by atoms with Gasteiger partial charge in [-0.25, -0.2) is 9.37 Å². The lowest BCUT2D eigenvalue weighted by atomic mass is 10.0. The van der Waals surface area contributed by atoms with Crippen LogP contribution in [0.25, 0.3) is 21.7 Å². The molecule has 2 aromatic heterocycles. The normalized spacial score (nSPS) is 21.1. The van der Waals surface area contributed by atoms with Crippen molar-refractivity contribution >= 4 is 17.2 Å². The number of aromatic hydroxyl groups is 1. The second-order valence-electron chi connectivity index (χ2n) is 8.93. The molecule has 2 aliphatic rings. The van der Waals surface area contributed by atoms with E-state index in [4.69, 9.17) is 0 Å². The summed E-state index contributed by atoms with van der Waals surface area (Å²) in [5.41, 5.74) is 1.21. The number of phenols is 1. The fraction of sp³-hybridized carbons (Fsp3) is 0.435. The third-order valence-electron chi connectivity index (χ3n) is 6.21. The van der Waals surface area contributed by atoms with Crippen LogP contribution in [0, 0.1) is 18.7 Å². The highest BCUT2D eigenvalue weighted by Gasteiger charge is 2.35. The van der Waals surface area contributed by atoms with Gasteiger partial charge in [0.25, 0.3) is 0 Å². The Kier molecular flexibility index (Phi) is 5.14. The molecule has 2 fully saturated rings. The van der Waals surface area contributed by atoms with Crippen LogP contribution in [0.1, 0.15) is 31.2 Å². The largest absolute Gasteiger partial charge is 0.507 e. The first-order valence-electron chi connectivity index (χ1n) is 10.7. The van der Waals surface area contributed by atoms with Gasteiger partial charge in [-0.2, -0.15) is 0 Å². The molecule has 31 heavy (non-hydrogen) atoms. The Labute approximate surface area is 185 Å². The van der Waals surface area contributed by atoms with Crippen LogP contribution < -0.4 is 10.2 Å². The van der Waals surface area contributed by atoms with Gasteiger partial charge in [0.1, 0.15) is 11.6 Å². The molecule has 1 aliphatic heterocycles. The minimum absolute atomic E-state index is 0.0254. The summed E-state index contributed by atoms with van der Waals surface area (Å²) in [4.78, 5) is 7.08. The van der Waals surface area contributed by atoms with E-state index >= 15 is 0 Å². The minimum atomic E-state index is -0.417. The van der Waals surface area contributed by atoms with Crippen molar-refractivity contribution in [1.29, 1.82) is 0 Å². The zero-order valence-electron chi connectivity index (χ0n) is 17.7. The summed E-state index contributed by atoms with van der Waals surface area (Å²) in [6.07, 6.45) is 5.37. The van der Waals surface area contributed by atoms with E-state index in [2.05, 4.69) is 32.3 Å². The van der Waals surface area contributed by atoms with Gasteiger partial charge in [-0.1, -0.05) is 0 Å². The van der Waals surface area contributed by atoms with Crippen LogP contribution in [0.3, 0.4) is 0 Å². The summed E-state index contributed by atoms with van der Waals surface area (Å²) >= 11 is 1.39. The van der Waals surface area contributed by atoms with Gasteiger partial charge in [0.05, 0.1) is 15.6 Å². The van der Waals surface area contributed by atoms with Gasteiger partial charge < -0.3 is 15.3 Å². The topological polar surface area (TPSA) is 74.2 Å². The van der Waals surface area contributed by atoms with Crippen LogP contribution in [0.2, 0.25) is 0 Å². The van der Waals surface area contributed by atoms with E-state index in [0.717, 1.165) is 42.8 Å². The maximum absolute atomic E-state index is 14.8. The Balaban J connectivity index is 1.32. The van der Waals surface area contributed by atoms with Crippen LogP contribution in [0.5, 0.6) is 5.75 Å². The molecule has 0 amide bonds. The molecule has 1 aromatic carbocycles. The number of anilines is 1. The third kappa shape index (κ3) is 4.27. The molecule has 1 aliphatic carbocycles. The Bertz CT molecular complexity index is 1100. The summed E-state index contributed by atoms with van der Waals surface area (Å²) in [6, 6.07) is 6.44. The van der Waals surface area contributed by atoms with Gasteiger partial charge in [-0.3, -0.25) is 0 Å². The average Bonchev–Trinajstić information content (AvgIpc) is 3.37. The van der Waals surface area contributed by atoms with Crippen molar-refractivity contribution in [3.63, 3.8) is 0 Å². The lowest BCUT2D eigenvalue weighted by Gasteiger charge is -2.26. The van der Waals surface area contributed by atoms with Crippen molar-refractivity contribution in [2.75, 3.05) is 24.5 Å². The number of thiazole rings is 1. The van der Waals surface area contributed by atoms with Crippen LogP contribution >= 0.6 is 11.3 Å². The van der Waals surface area contributed by atoms with E-state index in [-0.39, 0.29) is 11.3 Å². The molecule has 1 saturated carbocycles. The van der Waals surface area contributed by atoms with Gasteiger partial charge in [0.2, 0.25) is 0 Å². The number of aryl methyl sites for hydroxylation is 1. The maximum atomic E-state index is 14.8. The van der Waals surface area contributed by atoms with Crippen molar-refractivity contribution in [2.45, 2.75) is 38.6 Å². The van der Waals surface area contributed by atoms with Crippen LogP contribution in [-0.2, 0) is 0 Å². The van der Waals surface area contributed by atoms with Gasteiger partial charge in [-0.05, 0) is 69.8 Å². The molecule has 8 heteroatoms. The number of aromatic nitrogens is 3. The SMILES string of the molecule is Cc1ncc(-c2cc(O)c(-c3ccc(N4CC[C@@](C)(NCC5CC5)C4)nn3)cc2F)s1. The lowest BCUT2D eigenvalue weighted by molar-refractivity contribution is 0.383. The van der Waals surface area contributed by atoms with Crippen LogP contribution in [0.15, 0.2) is 30.5 Å². The summed E-state index contributed by atoms with van der Waals surface area (Å²) < 4.78 is 14.8. The van der Waals surface area contributed by atoms with E-state index in [1.807, 2.05) is 13.0 Å². The first kappa shape index (κ1) is 20.3. The van der Waals surface area contributed by atoms with Crippen molar-refractivity contribution in [3.8, 4) is 27.4 Å². The molecule has 0 unspecified atom stereocenters. The molecule has 1 saturated heterocycles. The number of phenolic OH excluding ortho intramolecular Hbond substituents is 1. The number of benzene rings is 1. The Morgan fingerprint density at radius 3 is 2.77 bits per heavy atom. The van der Waals surface area contributed by atoms with E-state index in [9.17, 15) is 9.50 Å². The Morgan fingerprint density at radius 2 is 2.10 bits per heavy atom. The molecule has 0 bridgehead atoms. The third-order valence-corrected chi connectivity index (χ3v) is 7.16. The van der Waals surface area contributed by atoms with Gasteiger partial charge >= 0.3 is 0 Å². The molecule has 6 nitrogen and oxygen atoms in total. The van der Waals surface area contributed by atoms with Crippen LogP contribution in [-0.4, -0.2) is 45.5 Å². The molecule has 5 rings (SSSR count). The number of nitrogens with zero attached hydrogens (tertiary/aromatic N) is 4. The summed E-state index contributed by atoms with van der Waals surface area (Å²) in [5, 5.41) is 23.8.